The Kier molecular flexibility index (Phi) is 7.67. The summed E-state index contributed by atoms with van der Waals surface area (Å²) < 4.78 is 12.8. The molecule has 3 aromatic carbocycles. The van der Waals surface area contributed by atoms with Gasteiger partial charge in [-0.2, -0.15) is 0 Å². The Bertz CT molecular complexity index is 1330. The van der Waals surface area contributed by atoms with Crippen LogP contribution in [0.25, 0.3) is 6.08 Å². The van der Waals surface area contributed by atoms with Crippen molar-refractivity contribution in [2.75, 3.05) is 12.0 Å². The standard InChI is InChI=1S/C26H21BrClNO3S2/c1-15-8-9-21(16(2)10-15)29-25(30)23(34-26(29)33)13-17-11-19(27)24(22(12-17)31-3)32-14-18-6-4-5-7-20(18)28/h4-13H,14H2,1-3H3/b23-13-. The van der Waals surface area contributed by atoms with Gasteiger partial charge in [-0.15, -0.1) is 0 Å². The van der Waals surface area contributed by atoms with Crippen LogP contribution in [0.3, 0.4) is 0 Å². The first-order valence-corrected chi connectivity index (χ1v) is 12.8. The van der Waals surface area contributed by atoms with Crippen molar-refractivity contribution in [2.24, 2.45) is 0 Å². The fraction of sp³-hybridized carbons (Fsp3) is 0.154. The molecule has 0 spiro atoms. The van der Waals surface area contributed by atoms with Gasteiger partial charge in [0, 0.05) is 10.6 Å². The van der Waals surface area contributed by atoms with Crippen LogP contribution in [0.2, 0.25) is 5.02 Å². The fourth-order valence-corrected chi connectivity index (χ4v) is 5.66. The van der Waals surface area contributed by atoms with Gasteiger partial charge in [0.05, 0.1) is 22.2 Å². The van der Waals surface area contributed by atoms with Gasteiger partial charge in [-0.3, -0.25) is 9.69 Å². The van der Waals surface area contributed by atoms with E-state index in [1.54, 1.807) is 12.0 Å². The molecular weight excluding hydrogens is 554 g/mol. The van der Waals surface area contributed by atoms with E-state index < -0.39 is 0 Å². The smallest absolute Gasteiger partial charge is 0.270 e. The summed E-state index contributed by atoms with van der Waals surface area (Å²) in [6.45, 7) is 4.30. The molecule has 1 aliphatic rings. The zero-order valence-electron chi connectivity index (χ0n) is 18.7. The van der Waals surface area contributed by atoms with Gasteiger partial charge in [-0.05, 0) is 71.2 Å². The monoisotopic (exact) mass is 573 g/mol. The highest BCUT2D eigenvalue weighted by Gasteiger charge is 2.34. The van der Waals surface area contributed by atoms with Crippen LogP contribution in [0.15, 0.2) is 64.0 Å². The van der Waals surface area contributed by atoms with Gasteiger partial charge >= 0.3 is 0 Å². The summed E-state index contributed by atoms with van der Waals surface area (Å²) in [5.41, 5.74) is 4.60. The van der Waals surface area contributed by atoms with Crippen LogP contribution in [-0.2, 0) is 11.4 Å². The minimum atomic E-state index is -0.143. The molecule has 0 radical (unpaired) electrons. The number of thioether (sulfide) groups is 1. The summed E-state index contributed by atoms with van der Waals surface area (Å²) >= 11 is 16.6. The molecule has 3 aromatic rings. The van der Waals surface area contributed by atoms with E-state index in [-0.39, 0.29) is 5.91 Å². The molecule has 4 nitrogen and oxygen atoms in total. The minimum absolute atomic E-state index is 0.143. The predicted octanol–water partition coefficient (Wildman–Crippen LogP) is 7.71. The maximum atomic E-state index is 13.2. The highest BCUT2D eigenvalue weighted by molar-refractivity contribution is 9.10. The summed E-state index contributed by atoms with van der Waals surface area (Å²) in [5, 5.41) is 0.639. The molecule has 1 saturated heterocycles. The quantitative estimate of drug-likeness (QED) is 0.223. The van der Waals surface area contributed by atoms with Crippen molar-refractivity contribution in [1.82, 2.24) is 0 Å². The molecule has 8 heteroatoms. The normalized spacial score (nSPS) is 14.7. The molecule has 34 heavy (non-hydrogen) atoms. The molecule has 0 unspecified atom stereocenters. The molecule has 0 saturated carbocycles. The molecule has 0 atom stereocenters. The van der Waals surface area contributed by atoms with Gasteiger partial charge in [-0.1, -0.05) is 71.5 Å². The van der Waals surface area contributed by atoms with Gasteiger partial charge in [0.15, 0.2) is 15.8 Å². The molecule has 0 bridgehead atoms. The van der Waals surface area contributed by atoms with Crippen molar-refractivity contribution in [3.8, 4) is 11.5 Å². The van der Waals surface area contributed by atoms with Crippen molar-refractivity contribution in [3.63, 3.8) is 0 Å². The molecule has 1 amide bonds. The zero-order valence-corrected chi connectivity index (χ0v) is 22.7. The number of nitrogens with zero attached hydrogens (tertiary/aromatic N) is 1. The van der Waals surface area contributed by atoms with Crippen molar-refractivity contribution in [3.05, 3.63) is 91.3 Å². The van der Waals surface area contributed by atoms with Gasteiger partial charge < -0.3 is 9.47 Å². The Morgan fingerprint density at radius 2 is 1.91 bits per heavy atom. The van der Waals surface area contributed by atoms with E-state index in [4.69, 9.17) is 33.3 Å². The Balaban J connectivity index is 1.60. The number of carbonyl (C=O) groups is 1. The molecule has 174 valence electrons. The van der Waals surface area contributed by atoms with Crippen LogP contribution in [0.4, 0.5) is 5.69 Å². The number of amides is 1. The van der Waals surface area contributed by atoms with E-state index in [0.29, 0.717) is 36.8 Å². The first-order valence-electron chi connectivity index (χ1n) is 10.4. The zero-order chi connectivity index (χ0) is 24.4. The maximum Gasteiger partial charge on any atom is 0.270 e. The van der Waals surface area contributed by atoms with E-state index in [2.05, 4.69) is 15.9 Å². The number of methoxy groups -OCH3 is 1. The van der Waals surface area contributed by atoms with Crippen LogP contribution in [0, 0.1) is 13.8 Å². The Morgan fingerprint density at radius 1 is 1.15 bits per heavy atom. The molecule has 0 aromatic heterocycles. The Labute approximate surface area is 222 Å². The summed E-state index contributed by atoms with van der Waals surface area (Å²) in [6.07, 6.45) is 1.81. The minimum Gasteiger partial charge on any atom is -0.493 e. The van der Waals surface area contributed by atoms with Gasteiger partial charge in [0.25, 0.3) is 5.91 Å². The fourth-order valence-electron chi connectivity index (χ4n) is 3.61. The second-order valence-corrected chi connectivity index (χ2v) is 10.7. The Morgan fingerprint density at radius 3 is 2.62 bits per heavy atom. The number of rotatable bonds is 6. The molecule has 1 aliphatic heterocycles. The average Bonchev–Trinajstić information content (AvgIpc) is 3.06. The lowest BCUT2D eigenvalue weighted by Crippen LogP contribution is -2.28. The number of hydrogen-bond donors (Lipinski definition) is 0. The summed E-state index contributed by atoms with van der Waals surface area (Å²) in [6, 6.07) is 17.2. The summed E-state index contributed by atoms with van der Waals surface area (Å²) in [5.74, 6) is 0.955. The number of aryl methyl sites for hydroxylation is 2. The number of ether oxygens (including phenoxy) is 2. The largest absolute Gasteiger partial charge is 0.493 e. The molecule has 1 fully saturated rings. The maximum absolute atomic E-state index is 13.2. The molecule has 0 aliphatic carbocycles. The second-order valence-electron chi connectivity index (χ2n) is 7.72. The van der Waals surface area contributed by atoms with Crippen molar-refractivity contribution in [2.45, 2.75) is 20.5 Å². The lowest BCUT2D eigenvalue weighted by molar-refractivity contribution is -0.113. The summed E-state index contributed by atoms with van der Waals surface area (Å²) in [7, 11) is 1.58. The lowest BCUT2D eigenvalue weighted by atomic mass is 10.1. The average molecular weight is 575 g/mol. The SMILES string of the molecule is COc1cc(/C=C2\SC(=S)N(c3ccc(C)cc3C)C2=O)cc(Br)c1OCc1ccccc1Cl. The third-order valence-corrected chi connectivity index (χ3v) is 7.53. The van der Waals surface area contributed by atoms with Crippen LogP contribution in [0.1, 0.15) is 22.3 Å². The third-order valence-electron chi connectivity index (χ3n) is 5.27. The van der Waals surface area contributed by atoms with Gasteiger partial charge in [-0.25, -0.2) is 0 Å². The number of anilines is 1. The second kappa shape index (κ2) is 10.5. The molecule has 0 N–H and O–H groups in total. The molecule has 4 rings (SSSR count). The van der Waals surface area contributed by atoms with Crippen molar-refractivity contribution >= 4 is 73.5 Å². The van der Waals surface area contributed by atoms with Crippen LogP contribution in [0.5, 0.6) is 11.5 Å². The first-order chi connectivity index (χ1) is 16.3. The number of hydrogen-bond acceptors (Lipinski definition) is 5. The van der Waals surface area contributed by atoms with Gasteiger partial charge in [0.2, 0.25) is 0 Å². The third kappa shape index (κ3) is 5.18. The van der Waals surface area contributed by atoms with Crippen molar-refractivity contribution in [1.29, 1.82) is 0 Å². The highest BCUT2D eigenvalue weighted by atomic mass is 79.9. The highest BCUT2D eigenvalue weighted by Crippen LogP contribution is 2.41. The number of halogens is 2. The van der Waals surface area contributed by atoms with E-state index in [1.807, 2.05) is 74.5 Å². The van der Waals surface area contributed by atoms with E-state index in [9.17, 15) is 4.79 Å². The Hall–Kier alpha value is -2.32. The van der Waals surface area contributed by atoms with Crippen LogP contribution >= 0.6 is 51.5 Å². The van der Waals surface area contributed by atoms with E-state index in [1.165, 1.54) is 11.8 Å². The predicted molar refractivity (Wildman–Crippen MR) is 148 cm³/mol. The number of carbonyl (C=O) groups excluding carboxylic acids is 1. The number of benzene rings is 3. The van der Waals surface area contributed by atoms with E-state index in [0.717, 1.165) is 27.9 Å². The van der Waals surface area contributed by atoms with Crippen LogP contribution in [-0.4, -0.2) is 17.3 Å². The number of thiocarbonyl (C=S) groups is 1. The molecular formula is C26H21BrClNO3S2. The van der Waals surface area contributed by atoms with E-state index >= 15 is 0 Å². The summed E-state index contributed by atoms with van der Waals surface area (Å²) in [4.78, 5) is 15.4. The topological polar surface area (TPSA) is 38.8 Å². The van der Waals surface area contributed by atoms with Gasteiger partial charge in [0.1, 0.15) is 6.61 Å². The molecule has 1 heterocycles. The lowest BCUT2D eigenvalue weighted by Gasteiger charge is -2.17. The van der Waals surface area contributed by atoms with Crippen LogP contribution < -0.4 is 14.4 Å². The van der Waals surface area contributed by atoms with Crippen molar-refractivity contribution < 1.29 is 14.3 Å². The first kappa shape index (κ1) is 24.8.